The lowest BCUT2D eigenvalue weighted by Gasteiger charge is -1.82. The normalized spacial score (nSPS) is 8.08. The Balaban J connectivity index is 0.000000223. The van der Waals surface area contributed by atoms with Gasteiger partial charge in [0.2, 0.25) is 5.91 Å². The van der Waals surface area contributed by atoms with E-state index in [4.69, 9.17) is 0 Å². The third kappa shape index (κ3) is 10.4. The van der Waals surface area contributed by atoms with Crippen molar-refractivity contribution in [2.24, 2.45) is 5.73 Å². The summed E-state index contributed by atoms with van der Waals surface area (Å²) < 4.78 is 0. The Morgan fingerprint density at radius 1 is 1.00 bits per heavy atom. The van der Waals surface area contributed by atoms with Crippen molar-refractivity contribution in [2.75, 3.05) is 0 Å². The van der Waals surface area contributed by atoms with Gasteiger partial charge in [0.1, 0.15) is 5.78 Å². The van der Waals surface area contributed by atoms with Crippen molar-refractivity contribution >= 4 is 11.7 Å². The highest BCUT2D eigenvalue weighted by molar-refractivity contribution is 5.95. The summed E-state index contributed by atoms with van der Waals surface area (Å²) in [6.45, 7) is 1.32. The first-order valence-electron chi connectivity index (χ1n) is 3.90. The number of primary amides is 1. The lowest BCUT2D eigenvalue weighted by atomic mass is 10.3. The van der Waals surface area contributed by atoms with E-state index in [-0.39, 0.29) is 12.2 Å². The van der Waals surface area contributed by atoms with Crippen molar-refractivity contribution in [2.45, 2.75) is 13.3 Å². The summed E-state index contributed by atoms with van der Waals surface area (Å²) in [5, 5.41) is 0. The van der Waals surface area contributed by atoms with E-state index in [9.17, 15) is 9.59 Å². The van der Waals surface area contributed by atoms with E-state index in [1.807, 2.05) is 36.4 Å². The van der Waals surface area contributed by atoms with Crippen LogP contribution in [0, 0.1) is 0 Å². The summed E-state index contributed by atoms with van der Waals surface area (Å²) in [5.41, 5.74) is 4.63. The first-order chi connectivity index (χ1) is 6.13. The first kappa shape index (κ1) is 11.4. The molecule has 0 aliphatic heterocycles. The quantitative estimate of drug-likeness (QED) is 0.692. The molecule has 0 saturated carbocycles. The molecule has 1 amide bonds. The second-order valence-electron chi connectivity index (χ2n) is 2.50. The van der Waals surface area contributed by atoms with Crippen LogP contribution < -0.4 is 5.73 Å². The van der Waals surface area contributed by atoms with Gasteiger partial charge < -0.3 is 5.73 Å². The minimum absolute atomic E-state index is 0.139. The van der Waals surface area contributed by atoms with E-state index in [0.29, 0.717) is 0 Å². The standard InChI is InChI=1S/C6H6.C4H7NO2/c1-2-4-6-5-3-1;1-3(6)2-4(5)7/h1-6H;2H2,1H3,(H2,5,7). The second-order valence-corrected chi connectivity index (χ2v) is 2.50. The fraction of sp³-hybridized carbons (Fsp3) is 0.200. The average Bonchev–Trinajstić information content (AvgIpc) is 2.06. The molecule has 0 aromatic heterocycles. The van der Waals surface area contributed by atoms with E-state index in [2.05, 4.69) is 5.73 Å². The monoisotopic (exact) mass is 179 g/mol. The number of amides is 1. The van der Waals surface area contributed by atoms with Crippen molar-refractivity contribution in [3.63, 3.8) is 0 Å². The molecule has 0 spiro atoms. The van der Waals surface area contributed by atoms with Gasteiger partial charge in [-0.15, -0.1) is 0 Å². The number of rotatable bonds is 2. The molecule has 1 rings (SSSR count). The van der Waals surface area contributed by atoms with E-state index in [1.165, 1.54) is 6.92 Å². The molecule has 0 aliphatic rings. The van der Waals surface area contributed by atoms with Gasteiger partial charge in [0.25, 0.3) is 0 Å². The Hall–Kier alpha value is -1.64. The van der Waals surface area contributed by atoms with E-state index < -0.39 is 5.91 Å². The van der Waals surface area contributed by atoms with Gasteiger partial charge in [-0.05, 0) is 6.92 Å². The number of nitrogens with two attached hydrogens (primary N) is 1. The highest BCUT2D eigenvalue weighted by Crippen LogP contribution is 1.79. The molecule has 0 unspecified atom stereocenters. The fourth-order valence-corrected chi connectivity index (χ4v) is 0.630. The zero-order valence-electron chi connectivity index (χ0n) is 7.57. The SMILES string of the molecule is CC(=O)CC(N)=O.c1ccccc1. The molecule has 3 nitrogen and oxygen atoms in total. The molecule has 0 bridgehead atoms. The lowest BCUT2D eigenvalue weighted by molar-refractivity contribution is -0.125. The van der Waals surface area contributed by atoms with Crippen LogP contribution in [0.1, 0.15) is 13.3 Å². The maximum atomic E-state index is 9.95. The molecule has 0 atom stereocenters. The van der Waals surface area contributed by atoms with E-state index in [1.54, 1.807) is 0 Å². The summed E-state index contributed by atoms with van der Waals surface area (Å²) >= 11 is 0. The predicted octanol–water partition coefficient (Wildman–Crippen LogP) is 1.14. The molecule has 0 heterocycles. The summed E-state index contributed by atoms with van der Waals surface area (Å²) in [5.74, 6) is -0.750. The molecule has 0 saturated heterocycles. The molecule has 0 fully saturated rings. The summed E-state index contributed by atoms with van der Waals surface area (Å²) in [6, 6.07) is 12.0. The zero-order valence-corrected chi connectivity index (χ0v) is 7.57. The van der Waals surface area contributed by atoms with Gasteiger partial charge in [-0.25, -0.2) is 0 Å². The topological polar surface area (TPSA) is 60.2 Å². The van der Waals surface area contributed by atoms with Gasteiger partial charge in [0.15, 0.2) is 0 Å². The zero-order chi connectivity index (χ0) is 10.1. The van der Waals surface area contributed by atoms with E-state index >= 15 is 0 Å². The molecule has 1 aromatic carbocycles. The van der Waals surface area contributed by atoms with Gasteiger partial charge in [0, 0.05) is 0 Å². The average molecular weight is 179 g/mol. The lowest BCUT2D eigenvalue weighted by Crippen LogP contribution is -2.13. The summed E-state index contributed by atoms with van der Waals surface area (Å²) in [4.78, 5) is 19.8. The maximum Gasteiger partial charge on any atom is 0.224 e. The molecule has 70 valence electrons. The van der Waals surface area contributed by atoms with Crippen molar-refractivity contribution in [3.05, 3.63) is 36.4 Å². The highest BCUT2D eigenvalue weighted by atomic mass is 16.2. The largest absolute Gasteiger partial charge is 0.369 e. The van der Waals surface area contributed by atoms with Gasteiger partial charge in [-0.1, -0.05) is 36.4 Å². The number of Topliss-reactive ketones (excluding diaryl/α,β-unsaturated/α-hetero) is 1. The van der Waals surface area contributed by atoms with Crippen LogP contribution in [0.2, 0.25) is 0 Å². The predicted molar refractivity (Wildman–Crippen MR) is 50.9 cm³/mol. The Kier molecular flexibility index (Phi) is 6.15. The van der Waals surface area contributed by atoms with Crippen molar-refractivity contribution < 1.29 is 9.59 Å². The number of benzene rings is 1. The van der Waals surface area contributed by atoms with Gasteiger partial charge >= 0.3 is 0 Å². The molecule has 2 N–H and O–H groups in total. The summed E-state index contributed by atoms with van der Waals surface area (Å²) in [6.07, 6.45) is -0.139. The molecular formula is C10H13NO2. The molecule has 1 aromatic rings. The number of carbonyl (C=O) groups excluding carboxylic acids is 2. The Labute approximate surface area is 77.6 Å². The van der Waals surface area contributed by atoms with Crippen molar-refractivity contribution in [3.8, 4) is 0 Å². The Morgan fingerprint density at radius 3 is 1.38 bits per heavy atom. The highest BCUT2D eigenvalue weighted by Gasteiger charge is 1.95. The third-order valence-electron chi connectivity index (χ3n) is 1.09. The van der Waals surface area contributed by atoms with Crippen LogP contribution in [0.4, 0.5) is 0 Å². The molecule has 0 aliphatic carbocycles. The maximum absolute atomic E-state index is 9.95. The van der Waals surface area contributed by atoms with Crippen molar-refractivity contribution in [1.29, 1.82) is 0 Å². The number of hydrogen-bond acceptors (Lipinski definition) is 2. The molecule has 13 heavy (non-hydrogen) atoms. The van der Waals surface area contributed by atoms with Crippen LogP contribution in [-0.2, 0) is 9.59 Å². The van der Waals surface area contributed by atoms with Crippen LogP contribution in [-0.4, -0.2) is 11.7 Å². The van der Waals surface area contributed by atoms with Crippen LogP contribution in [0.15, 0.2) is 36.4 Å². The molecule has 0 radical (unpaired) electrons. The minimum Gasteiger partial charge on any atom is -0.369 e. The summed E-state index contributed by atoms with van der Waals surface area (Å²) in [7, 11) is 0. The van der Waals surface area contributed by atoms with Crippen LogP contribution in [0.5, 0.6) is 0 Å². The number of carbonyl (C=O) groups is 2. The number of hydrogen-bond donors (Lipinski definition) is 1. The first-order valence-corrected chi connectivity index (χ1v) is 3.90. The molecule has 3 heteroatoms. The number of ketones is 1. The van der Waals surface area contributed by atoms with Crippen molar-refractivity contribution in [1.82, 2.24) is 0 Å². The Morgan fingerprint density at radius 2 is 1.31 bits per heavy atom. The van der Waals surface area contributed by atoms with Crippen LogP contribution in [0.3, 0.4) is 0 Å². The second kappa shape index (κ2) is 7.03. The van der Waals surface area contributed by atoms with Crippen LogP contribution >= 0.6 is 0 Å². The van der Waals surface area contributed by atoms with Crippen LogP contribution in [0.25, 0.3) is 0 Å². The van der Waals surface area contributed by atoms with Gasteiger partial charge in [-0.2, -0.15) is 0 Å². The van der Waals surface area contributed by atoms with E-state index in [0.717, 1.165) is 0 Å². The molecular weight excluding hydrogens is 166 g/mol. The Bertz CT molecular complexity index is 218. The van der Waals surface area contributed by atoms with Gasteiger partial charge in [-0.3, -0.25) is 9.59 Å². The minimum atomic E-state index is -0.562. The smallest absolute Gasteiger partial charge is 0.224 e. The fourth-order valence-electron chi connectivity index (χ4n) is 0.630. The third-order valence-corrected chi connectivity index (χ3v) is 1.09. The van der Waals surface area contributed by atoms with Gasteiger partial charge in [0.05, 0.1) is 6.42 Å².